The maximum Gasteiger partial charge on any atom is 0.127 e. The fraction of sp³-hybridized carbons (Fsp3) is 0.333. The number of ether oxygens (including phenoxy) is 1. The highest BCUT2D eigenvalue weighted by Crippen LogP contribution is 2.33. The van der Waals surface area contributed by atoms with Gasteiger partial charge in [-0.25, -0.2) is 0 Å². The van der Waals surface area contributed by atoms with Crippen LogP contribution in [0.4, 0.5) is 0 Å². The fourth-order valence-electron chi connectivity index (χ4n) is 2.75. The zero-order valence-electron chi connectivity index (χ0n) is 12.0. The van der Waals surface area contributed by atoms with Gasteiger partial charge in [-0.15, -0.1) is 0 Å². The van der Waals surface area contributed by atoms with E-state index in [9.17, 15) is 0 Å². The van der Waals surface area contributed by atoms with Crippen LogP contribution in [0.25, 0.3) is 11.1 Å². The minimum absolute atomic E-state index is 0.617. The number of hydrogen-bond donors (Lipinski definition) is 1. The van der Waals surface area contributed by atoms with Gasteiger partial charge in [0.2, 0.25) is 0 Å². The predicted octanol–water partition coefficient (Wildman–Crippen LogP) is 4.49. The zero-order chi connectivity index (χ0) is 14.5. The molecular formula is C18H20BrNO. The molecule has 1 aliphatic heterocycles. The SMILES string of the molecule is Brc1ccc(OC[C@@H]2CCCNC2)c(-c2ccccc2)c1. The van der Waals surface area contributed by atoms with E-state index in [1.807, 2.05) is 12.1 Å². The number of nitrogens with one attached hydrogen (secondary N) is 1. The maximum atomic E-state index is 6.13. The molecule has 1 aliphatic rings. The summed E-state index contributed by atoms with van der Waals surface area (Å²) in [4.78, 5) is 0. The van der Waals surface area contributed by atoms with Gasteiger partial charge in [0.15, 0.2) is 0 Å². The molecule has 1 fully saturated rings. The second kappa shape index (κ2) is 7.10. The first-order chi connectivity index (χ1) is 10.3. The summed E-state index contributed by atoms with van der Waals surface area (Å²) in [5.41, 5.74) is 2.34. The molecule has 0 saturated carbocycles. The minimum atomic E-state index is 0.617. The number of rotatable bonds is 4. The zero-order valence-corrected chi connectivity index (χ0v) is 13.6. The molecule has 1 atom stereocenters. The summed E-state index contributed by atoms with van der Waals surface area (Å²) in [7, 11) is 0. The fourth-order valence-corrected chi connectivity index (χ4v) is 3.11. The monoisotopic (exact) mass is 345 g/mol. The Morgan fingerprint density at radius 2 is 2.00 bits per heavy atom. The van der Waals surface area contributed by atoms with E-state index in [1.165, 1.54) is 18.4 Å². The van der Waals surface area contributed by atoms with Crippen molar-refractivity contribution in [3.8, 4) is 16.9 Å². The molecule has 1 saturated heterocycles. The molecule has 0 radical (unpaired) electrons. The van der Waals surface area contributed by atoms with Crippen LogP contribution in [-0.2, 0) is 0 Å². The standard InChI is InChI=1S/C18H20BrNO/c19-16-8-9-18(21-13-14-5-4-10-20-12-14)17(11-16)15-6-2-1-3-7-15/h1-3,6-9,11,14,20H,4-5,10,12-13H2/t14-/m1/s1. The molecule has 2 aromatic rings. The molecular weight excluding hydrogens is 326 g/mol. The van der Waals surface area contributed by atoms with E-state index in [1.54, 1.807) is 0 Å². The maximum absolute atomic E-state index is 6.13. The molecule has 21 heavy (non-hydrogen) atoms. The molecule has 0 aliphatic carbocycles. The van der Waals surface area contributed by atoms with Crippen molar-refractivity contribution in [3.05, 3.63) is 53.0 Å². The van der Waals surface area contributed by atoms with Crippen molar-refractivity contribution in [3.63, 3.8) is 0 Å². The Bertz CT molecular complexity index is 579. The van der Waals surface area contributed by atoms with E-state index in [2.05, 4.69) is 57.6 Å². The van der Waals surface area contributed by atoms with Crippen molar-refractivity contribution in [2.75, 3.05) is 19.7 Å². The van der Waals surface area contributed by atoms with Crippen molar-refractivity contribution >= 4 is 15.9 Å². The van der Waals surface area contributed by atoms with Crippen LogP contribution in [0.2, 0.25) is 0 Å². The highest BCUT2D eigenvalue weighted by Gasteiger charge is 2.15. The minimum Gasteiger partial charge on any atom is -0.493 e. The summed E-state index contributed by atoms with van der Waals surface area (Å²) in [5, 5.41) is 3.44. The predicted molar refractivity (Wildman–Crippen MR) is 90.7 cm³/mol. The van der Waals surface area contributed by atoms with Crippen LogP contribution in [-0.4, -0.2) is 19.7 Å². The Kier molecular flexibility index (Phi) is 4.94. The third-order valence-corrected chi connectivity index (χ3v) is 4.39. The molecule has 0 aromatic heterocycles. The van der Waals surface area contributed by atoms with Gasteiger partial charge in [0.1, 0.15) is 5.75 Å². The van der Waals surface area contributed by atoms with Crippen LogP contribution < -0.4 is 10.1 Å². The third-order valence-electron chi connectivity index (χ3n) is 3.90. The van der Waals surface area contributed by atoms with Crippen LogP contribution in [0.3, 0.4) is 0 Å². The summed E-state index contributed by atoms with van der Waals surface area (Å²) in [6.45, 7) is 3.00. The molecule has 3 heteroatoms. The Balaban J connectivity index is 1.78. The lowest BCUT2D eigenvalue weighted by Gasteiger charge is -2.23. The Morgan fingerprint density at radius 1 is 1.14 bits per heavy atom. The van der Waals surface area contributed by atoms with E-state index < -0.39 is 0 Å². The normalized spacial score (nSPS) is 18.4. The average molecular weight is 346 g/mol. The molecule has 0 spiro atoms. The second-order valence-electron chi connectivity index (χ2n) is 5.53. The molecule has 110 valence electrons. The van der Waals surface area contributed by atoms with Crippen molar-refractivity contribution in [1.82, 2.24) is 5.32 Å². The second-order valence-corrected chi connectivity index (χ2v) is 6.45. The van der Waals surface area contributed by atoms with Gasteiger partial charge in [-0.3, -0.25) is 0 Å². The number of hydrogen-bond acceptors (Lipinski definition) is 2. The van der Waals surface area contributed by atoms with Gasteiger partial charge in [0.05, 0.1) is 6.61 Å². The number of halogens is 1. The van der Waals surface area contributed by atoms with Crippen LogP contribution in [0.1, 0.15) is 12.8 Å². The molecule has 0 amide bonds. The molecule has 2 nitrogen and oxygen atoms in total. The Labute approximate surface area is 134 Å². The van der Waals surface area contributed by atoms with Crippen LogP contribution in [0.5, 0.6) is 5.75 Å². The van der Waals surface area contributed by atoms with Gasteiger partial charge >= 0.3 is 0 Å². The lowest BCUT2D eigenvalue weighted by atomic mass is 10.0. The number of benzene rings is 2. The van der Waals surface area contributed by atoms with Crippen molar-refractivity contribution in [2.24, 2.45) is 5.92 Å². The third kappa shape index (κ3) is 3.86. The highest BCUT2D eigenvalue weighted by atomic mass is 79.9. The summed E-state index contributed by atoms with van der Waals surface area (Å²) in [5.74, 6) is 1.58. The molecule has 0 unspecified atom stereocenters. The number of piperidine rings is 1. The van der Waals surface area contributed by atoms with E-state index in [4.69, 9.17) is 4.74 Å². The van der Waals surface area contributed by atoms with Crippen molar-refractivity contribution < 1.29 is 4.74 Å². The first kappa shape index (κ1) is 14.6. The highest BCUT2D eigenvalue weighted by molar-refractivity contribution is 9.10. The van der Waals surface area contributed by atoms with Gasteiger partial charge in [-0.05, 0) is 43.1 Å². The van der Waals surface area contributed by atoms with Gasteiger partial charge < -0.3 is 10.1 Å². The average Bonchev–Trinajstić information content (AvgIpc) is 2.55. The summed E-state index contributed by atoms with van der Waals surface area (Å²) < 4.78 is 7.20. The molecule has 0 bridgehead atoms. The van der Waals surface area contributed by atoms with Crippen molar-refractivity contribution in [1.29, 1.82) is 0 Å². The van der Waals surface area contributed by atoms with Crippen LogP contribution >= 0.6 is 15.9 Å². The van der Waals surface area contributed by atoms with Crippen LogP contribution in [0, 0.1) is 5.92 Å². The van der Waals surface area contributed by atoms with E-state index >= 15 is 0 Å². The lowest BCUT2D eigenvalue weighted by Crippen LogP contribution is -2.33. The van der Waals surface area contributed by atoms with E-state index in [0.717, 1.165) is 35.5 Å². The van der Waals surface area contributed by atoms with Gasteiger partial charge in [-0.1, -0.05) is 46.3 Å². The lowest BCUT2D eigenvalue weighted by molar-refractivity contribution is 0.219. The molecule has 1 N–H and O–H groups in total. The van der Waals surface area contributed by atoms with Crippen LogP contribution in [0.15, 0.2) is 53.0 Å². The molecule has 1 heterocycles. The quantitative estimate of drug-likeness (QED) is 0.880. The molecule has 3 rings (SSSR count). The van der Waals surface area contributed by atoms with E-state index in [0.29, 0.717) is 5.92 Å². The summed E-state index contributed by atoms with van der Waals surface area (Å²) in [6, 6.07) is 16.6. The summed E-state index contributed by atoms with van der Waals surface area (Å²) in [6.07, 6.45) is 2.50. The van der Waals surface area contributed by atoms with Gasteiger partial charge in [0.25, 0.3) is 0 Å². The Morgan fingerprint density at radius 3 is 2.76 bits per heavy atom. The van der Waals surface area contributed by atoms with Crippen molar-refractivity contribution in [2.45, 2.75) is 12.8 Å². The Hall–Kier alpha value is -1.32. The largest absolute Gasteiger partial charge is 0.493 e. The van der Waals surface area contributed by atoms with E-state index in [-0.39, 0.29) is 0 Å². The first-order valence-corrected chi connectivity index (χ1v) is 8.31. The summed E-state index contributed by atoms with van der Waals surface area (Å²) >= 11 is 3.56. The van der Waals surface area contributed by atoms with Gasteiger partial charge in [-0.2, -0.15) is 0 Å². The molecule has 2 aromatic carbocycles. The smallest absolute Gasteiger partial charge is 0.127 e. The first-order valence-electron chi connectivity index (χ1n) is 7.51. The topological polar surface area (TPSA) is 21.3 Å². The van der Waals surface area contributed by atoms with Gasteiger partial charge in [0, 0.05) is 22.5 Å².